The van der Waals surface area contributed by atoms with E-state index in [1.54, 1.807) is 4.40 Å². The number of imidazole rings is 1. The average Bonchev–Trinajstić information content (AvgIpc) is 3.82. The number of aromatic nitrogens is 4. The maximum absolute atomic E-state index is 6.49. The van der Waals surface area contributed by atoms with Gasteiger partial charge in [-0.15, -0.1) is 18.2 Å². The van der Waals surface area contributed by atoms with Crippen LogP contribution in [-0.4, -0.2) is 32.8 Å². The number of rotatable bonds is 8. The number of para-hydroxylation sites is 2. The molecule has 0 saturated carbocycles. The van der Waals surface area contributed by atoms with Crippen molar-refractivity contribution < 1.29 is 24.5 Å². The van der Waals surface area contributed by atoms with E-state index in [2.05, 4.69) is 186 Å². The fraction of sp³-hybridized carbons (Fsp3) is 0.255. The van der Waals surface area contributed by atoms with E-state index in [-0.39, 0.29) is 25.5 Å². The number of hydrogen-bond acceptors (Lipinski definition) is 4. The van der Waals surface area contributed by atoms with Gasteiger partial charge in [0.25, 0.3) is 0 Å². The van der Waals surface area contributed by atoms with Crippen LogP contribution in [-0.2, 0) is 31.9 Å². The molecular weight excluding hydrogens is 997 g/mol. The summed E-state index contributed by atoms with van der Waals surface area (Å²) in [5.41, 5.74) is 13.5. The van der Waals surface area contributed by atoms with E-state index in [0.29, 0.717) is 17.5 Å². The van der Waals surface area contributed by atoms with E-state index >= 15 is 0 Å². The molecule has 0 atom stereocenters. The summed E-state index contributed by atoms with van der Waals surface area (Å²) in [5.74, 6) is 9.11. The van der Waals surface area contributed by atoms with Gasteiger partial charge in [0.15, 0.2) is 0 Å². The van der Waals surface area contributed by atoms with E-state index in [4.69, 9.17) is 19.4 Å². The van der Waals surface area contributed by atoms with Gasteiger partial charge in [-0.25, -0.2) is 4.98 Å². The Morgan fingerprint density at radius 1 is 0.726 bits per heavy atom. The molecule has 0 N–H and O–H groups in total. The first kappa shape index (κ1) is 44.9. The maximum atomic E-state index is 6.49. The molecule has 9 rings (SSSR count). The van der Waals surface area contributed by atoms with Crippen molar-refractivity contribution in [3.05, 3.63) is 163 Å². The third kappa shape index (κ3) is 9.29. The Morgan fingerprint density at radius 2 is 1.47 bits per heavy atom. The van der Waals surface area contributed by atoms with Gasteiger partial charge in [0, 0.05) is 36.9 Å². The Hall–Kier alpha value is -5.14. The Bertz CT molecular complexity index is 2970. The summed E-state index contributed by atoms with van der Waals surface area (Å²) >= 11 is -1.86. The Morgan fingerprint density at radius 3 is 2.16 bits per heavy atom. The molecule has 5 nitrogen and oxygen atoms in total. The topological polar surface area (TPSA) is 56.7 Å². The molecule has 62 heavy (non-hydrogen) atoms. The van der Waals surface area contributed by atoms with E-state index in [1.807, 2.05) is 30.3 Å². The molecule has 0 aliphatic rings. The van der Waals surface area contributed by atoms with E-state index in [9.17, 15) is 0 Å². The Kier molecular flexibility index (Phi) is 13.3. The quantitative estimate of drug-likeness (QED) is 0.112. The molecule has 0 unspecified atom stereocenters. The monoisotopic (exact) mass is 1060 g/mol. The van der Waals surface area contributed by atoms with Crippen molar-refractivity contribution in [1.29, 1.82) is 0 Å². The van der Waals surface area contributed by atoms with E-state index in [1.165, 1.54) is 22.3 Å². The summed E-state index contributed by atoms with van der Waals surface area (Å²) in [7, 11) is 0. The van der Waals surface area contributed by atoms with Crippen LogP contribution in [0.1, 0.15) is 71.2 Å². The molecule has 0 amide bonds. The molecule has 0 aliphatic heterocycles. The van der Waals surface area contributed by atoms with Crippen LogP contribution in [0.2, 0.25) is 17.3 Å². The van der Waals surface area contributed by atoms with Crippen molar-refractivity contribution in [3.8, 4) is 39.5 Å². The van der Waals surface area contributed by atoms with Crippen molar-refractivity contribution >= 4 is 50.8 Å². The molecule has 0 saturated heterocycles. The van der Waals surface area contributed by atoms with Crippen molar-refractivity contribution in [2.75, 3.05) is 0 Å². The molecule has 7 heteroatoms. The van der Waals surface area contributed by atoms with Crippen LogP contribution in [0.3, 0.4) is 0 Å². The zero-order valence-electron chi connectivity index (χ0n) is 37.6. The van der Waals surface area contributed by atoms with Crippen LogP contribution in [0.5, 0.6) is 0 Å². The molecule has 1 radical (unpaired) electrons. The average molecular weight is 1050 g/mol. The standard InChI is InChI=1S/C37H32N3O.C18H24GeN.Ir/c1-23(2)30-20-19-27-26-14-11-15-28(34(26)41-36(27)39-30)35-38-31-16-9-10-17-33(31)40(35)32-21-18-25(22-29(32)37(3,4)5)24-12-7-6-8-13-24;1-14(2)11-16-12-18(15-9-7-6-8-10-15)20-13-17(16)19(3,4)5;/h6-14,16-23H,1-5H3;6-9,12-14H,11H2,1-5H3;/q2*-1;. The number of pyridine rings is 2. The Balaban J connectivity index is 0.000000233. The summed E-state index contributed by atoms with van der Waals surface area (Å²) in [5, 5.41) is 2.02. The largest absolute Gasteiger partial charge is 0.486 e. The van der Waals surface area contributed by atoms with Gasteiger partial charge in [-0.1, -0.05) is 94.1 Å². The van der Waals surface area contributed by atoms with Gasteiger partial charge in [-0.05, 0) is 64.4 Å². The van der Waals surface area contributed by atoms with Crippen LogP contribution in [0.25, 0.3) is 72.6 Å². The first-order chi connectivity index (χ1) is 29.2. The SMILES string of the molecule is CC(C)Cc1cc(-c2[c-]cccc2)nc[c]1[Ge]([CH3])([CH3])[CH3].CC(C)c1ccc2c(n1)oc1c(-c3nc4ccccc4n3-c3ccc(-c4ccccc4)cc3C(C)(C)C)[c-]ccc12.[Ir]. The van der Waals surface area contributed by atoms with Gasteiger partial charge >= 0.3 is 126 Å². The minimum Gasteiger partial charge on any atom is -0.486 e. The summed E-state index contributed by atoms with van der Waals surface area (Å²) in [6, 6.07) is 51.0. The fourth-order valence-electron chi connectivity index (χ4n) is 8.18. The summed E-state index contributed by atoms with van der Waals surface area (Å²) in [4.78, 5) is 14.7. The van der Waals surface area contributed by atoms with Crippen molar-refractivity contribution in [2.45, 2.75) is 83.5 Å². The van der Waals surface area contributed by atoms with Gasteiger partial charge in [0.2, 0.25) is 5.71 Å². The minimum atomic E-state index is -1.86. The number of fused-ring (bicyclic) bond motifs is 4. The molecule has 0 fully saturated rings. The van der Waals surface area contributed by atoms with E-state index in [0.717, 1.165) is 67.8 Å². The molecular formula is C55H56GeIrN4O-2. The molecule has 5 aromatic carbocycles. The second-order valence-corrected chi connectivity index (χ2v) is 29.5. The summed E-state index contributed by atoms with van der Waals surface area (Å²) < 4.78 is 10.3. The third-order valence-corrected chi connectivity index (χ3v) is 15.6. The summed E-state index contributed by atoms with van der Waals surface area (Å²) in [6.07, 6.45) is 3.27. The summed E-state index contributed by atoms with van der Waals surface area (Å²) in [6.45, 7) is 15.7. The zero-order chi connectivity index (χ0) is 43.1. The predicted molar refractivity (Wildman–Crippen MR) is 259 cm³/mol. The second-order valence-electron chi connectivity index (χ2n) is 18.9. The van der Waals surface area contributed by atoms with Crippen molar-refractivity contribution in [1.82, 2.24) is 19.5 Å². The molecule has 0 spiro atoms. The molecule has 4 heterocycles. The first-order valence-electron chi connectivity index (χ1n) is 21.6. The predicted octanol–water partition coefficient (Wildman–Crippen LogP) is 14.2. The molecule has 4 aromatic heterocycles. The zero-order valence-corrected chi connectivity index (χ0v) is 42.1. The molecule has 317 valence electrons. The van der Waals surface area contributed by atoms with Crippen molar-refractivity contribution in [3.63, 3.8) is 0 Å². The second kappa shape index (κ2) is 18.3. The van der Waals surface area contributed by atoms with Crippen LogP contribution < -0.4 is 4.40 Å². The normalized spacial score (nSPS) is 11.9. The van der Waals surface area contributed by atoms with Gasteiger partial charge in [-0.2, -0.15) is 0 Å². The minimum absolute atomic E-state index is 0. The van der Waals surface area contributed by atoms with Gasteiger partial charge in [0.05, 0.1) is 22.4 Å². The molecule has 0 aliphatic carbocycles. The number of benzene rings is 5. The third-order valence-electron chi connectivity index (χ3n) is 11.3. The molecule has 9 aromatic rings. The van der Waals surface area contributed by atoms with Crippen LogP contribution >= 0.6 is 0 Å². The van der Waals surface area contributed by atoms with Crippen LogP contribution in [0, 0.1) is 18.1 Å². The molecule has 0 bridgehead atoms. The maximum Gasteiger partial charge on any atom is 0.216 e. The van der Waals surface area contributed by atoms with Gasteiger partial charge in [0.1, 0.15) is 0 Å². The fourth-order valence-corrected chi connectivity index (χ4v) is 11.5. The number of furan rings is 1. The number of hydrogen-bond donors (Lipinski definition) is 0. The smallest absolute Gasteiger partial charge is 0.216 e. The van der Waals surface area contributed by atoms with Crippen LogP contribution in [0.4, 0.5) is 0 Å². The van der Waals surface area contributed by atoms with Crippen molar-refractivity contribution in [2.24, 2.45) is 5.92 Å². The Labute approximate surface area is 383 Å². The van der Waals surface area contributed by atoms with Crippen LogP contribution in [0.15, 0.2) is 138 Å². The first-order valence-corrected chi connectivity index (χ1v) is 28.9. The number of nitrogens with zero attached hydrogens (tertiary/aromatic N) is 4. The van der Waals surface area contributed by atoms with E-state index < -0.39 is 13.3 Å². The van der Waals surface area contributed by atoms with Gasteiger partial charge in [-0.3, -0.25) is 4.98 Å². The van der Waals surface area contributed by atoms with Gasteiger partial charge < -0.3 is 8.98 Å².